The van der Waals surface area contributed by atoms with Gasteiger partial charge in [0.1, 0.15) is 11.8 Å². The molecule has 1 aliphatic heterocycles. The molecule has 1 saturated heterocycles. The zero-order valence-electron chi connectivity index (χ0n) is 12.3. The van der Waals surface area contributed by atoms with E-state index in [1.54, 1.807) is 12.3 Å². The fourth-order valence-electron chi connectivity index (χ4n) is 1.98. The minimum Gasteiger partial charge on any atom is -0.399 e. The molecular weight excluding hydrogens is 275 g/mol. The third-order valence-electron chi connectivity index (χ3n) is 3.85. The maximum Gasteiger partial charge on any atom is 0.499 e. The van der Waals surface area contributed by atoms with Crippen LogP contribution in [0.15, 0.2) is 17.2 Å². The lowest BCUT2D eigenvalue weighted by Gasteiger charge is -2.32. The Morgan fingerprint density at radius 3 is 2.30 bits per heavy atom. The van der Waals surface area contributed by atoms with E-state index in [2.05, 4.69) is 4.98 Å². The van der Waals surface area contributed by atoms with Crippen molar-refractivity contribution in [2.75, 3.05) is 6.26 Å². The van der Waals surface area contributed by atoms with Crippen LogP contribution in [0.4, 0.5) is 0 Å². The zero-order valence-corrected chi connectivity index (χ0v) is 13.1. The smallest absolute Gasteiger partial charge is 0.399 e. The van der Waals surface area contributed by atoms with Crippen LogP contribution in [0.3, 0.4) is 0 Å². The van der Waals surface area contributed by atoms with E-state index in [1.807, 2.05) is 33.8 Å². The number of pyridine rings is 1. The molecule has 0 spiro atoms. The van der Waals surface area contributed by atoms with E-state index in [4.69, 9.17) is 9.31 Å². The van der Waals surface area contributed by atoms with Crippen molar-refractivity contribution in [3.8, 4) is 6.07 Å². The first-order chi connectivity index (χ1) is 9.19. The third kappa shape index (κ3) is 2.39. The van der Waals surface area contributed by atoms with Crippen molar-refractivity contribution >= 4 is 23.4 Å². The van der Waals surface area contributed by atoms with E-state index in [9.17, 15) is 9.47 Å². The van der Waals surface area contributed by atoms with Crippen molar-refractivity contribution in [3.63, 3.8) is 0 Å². The first-order valence-corrected chi connectivity index (χ1v) is 7.83. The van der Waals surface area contributed by atoms with Gasteiger partial charge in [-0.15, -0.1) is 0 Å². The molecule has 1 aromatic rings. The monoisotopic (exact) mass is 292 g/mol. The Hall–Kier alpha value is -1.23. The highest BCUT2D eigenvalue weighted by Gasteiger charge is 2.53. The average Bonchev–Trinajstić information content (AvgIpc) is 2.57. The van der Waals surface area contributed by atoms with E-state index in [0.29, 0.717) is 10.4 Å². The van der Waals surface area contributed by atoms with Gasteiger partial charge in [-0.25, -0.2) is 4.98 Å². The van der Waals surface area contributed by atoms with Crippen LogP contribution >= 0.6 is 0 Å². The number of nitrogens with zero attached hydrogens (tertiary/aromatic N) is 2. The first-order valence-electron chi connectivity index (χ1n) is 6.27. The number of hydrogen-bond donors (Lipinski definition) is 0. The molecule has 7 heteroatoms. The van der Waals surface area contributed by atoms with Gasteiger partial charge in [0.2, 0.25) is 0 Å². The van der Waals surface area contributed by atoms with Gasteiger partial charge in [-0.1, -0.05) is 0 Å². The summed E-state index contributed by atoms with van der Waals surface area (Å²) in [7, 11) is -1.98. The van der Waals surface area contributed by atoms with Gasteiger partial charge >= 0.3 is 7.12 Å². The molecule has 0 radical (unpaired) electrons. The van der Waals surface area contributed by atoms with Crippen molar-refractivity contribution < 1.29 is 13.5 Å². The maximum absolute atomic E-state index is 11.9. The Morgan fingerprint density at radius 1 is 1.30 bits per heavy atom. The van der Waals surface area contributed by atoms with E-state index in [0.717, 1.165) is 0 Å². The van der Waals surface area contributed by atoms with Crippen LogP contribution in [0.5, 0.6) is 0 Å². The number of rotatable bonds is 2. The zero-order chi connectivity index (χ0) is 15.1. The van der Waals surface area contributed by atoms with Crippen LogP contribution in [0.2, 0.25) is 0 Å². The van der Waals surface area contributed by atoms with Crippen LogP contribution in [0.1, 0.15) is 33.4 Å². The Bertz CT molecular complexity index is 594. The van der Waals surface area contributed by atoms with E-state index in [1.165, 1.54) is 6.20 Å². The molecule has 0 N–H and O–H groups in total. The molecule has 0 bridgehead atoms. The molecule has 2 heterocycles. The summed E-state index contributed by atoms with van der Waals surface area (Å²) in [6.45, 7) is 7.71. The summed E-state index contributed by atoms with van der Waals surface area (Å²) in [6, 6.07) is 3.65. The summed E-state index contributed by atoms with van der Waals surface area (Å²) in [4.78, 5) is 4.55. The quantitative estimate of drug-likeness (QED) is 0.760. The molecule has 1 atom stereocenters. The van der Waals surface area contributed by atoms with Gasteiger partial charge in [0.25, 0.3) is 0 Å². The predicted octanol–water partition coefficient (Wildman–Crippen LogP) is 0.990. The SMILES string of the molecule is CS(=O)c1ccnc(C#N)c1B1OC(C)(C)C(C)(C)O1. The molecule has 0 amide bonds. The lowest BCUT2D eigenvalue weighted by atomic mass is 9.78. The molecule has 0 aromatic carbocycles. The molecule has 1 unspecified atom stereocenters. The van der Waals surface area contributed by atoms with Crippen LogP contribution in [0, 0.1) is 11.3 Å². The number of hydrogen-bond acceptors (Lipinski definition) is 5. The molecule has 1 aromatic heterocycles. The minimum absolute atomic E-state index is 0.191. The lowest BCUT2D eigenvalue weighted by Crippen LogP contribution is -2.41. The second-order valence-electron chi connectivity index (χ2n) is 5.73. The summed E-state index contributed by atoms with van der Waals surface area (Å²) in [5, 5.41) is 9.22. The summed E-state index contributed by atoms with van der Waals surface area (Å²) in [5.74, 6) is 0. The third-order valence-corrected chi connectivity index (χ3v) is 4.83. The van der Waals surface area contributed by atoms with Crippen LogP contribution in [-0.2, 0) is 20.1 Å². The Balaban J connectivity index is 2.55. The van der Waals surface area contributed by atoms with Gasteiger partial charge in [0.05, 0.1) is 11.2 Å². The first kappa shape index (κ1) is 15.2. The highest BCUT2D eigenvalue weighted by molar-refractivity contribution is 7.84. The molecule has 20 heavy (non-hydrogen) atoms. The fourth-order valence-corrected chi connectivity index (χ4v) is 2.74. The predicted molar refractivity (Wildman–Crippen MR) is 77.0 cm³/mol. The standard InChI is InChI=1S/C13H17BN2O3S/c1-12(2)13(3,4)19-14(18-12)11-9(8-15)16-7-6-10(11)20(5)17/h6-7H,1-5H3. The van der Waals surface area contributed by atoms with Crippen molar-refractivity contribution in [2.45, 2.75) is 43.8 Å². The number of aromatic nitrogens is 1. The Kier molecular flexibility index (Phi) is 3.76. The maximum atomic E-state index is 11.9. The van der Waals surface area contributed by atoms with Gasteiger partial charge in [-0.3, -0.25) is 4.21 Å². The molecule has 5 nitrogen and oxygen atoms in total. The lowest BCUT2D eigenvalue weighted by molar-refractivity contribution is 0.00578. The average molecular weight is 292 g/mol. The second kappa shape index (κ2) is 4.95. The van der Waals surface area contributed by atoms with E-state index < -0.39 is 29.1 Å². The van der Waals surface area contributed by atoms with Gasteiger partial charge < -0.3 is 9.31 Å². The molecule has 0 saturated carbocycles. The van der Waals surface area contributed by atoms with Gasteiger partial charge in [-0.2, -0.15) is 5.26 Å². The second-order valence-corrected chi connectivity index (χ2v) is 7.07. The van der Waals surface area contributed by atoms with Gasteiger partial charge in [0, 0.05) is 33.6 Å². The van der Waals surface area contributed by atoms with Crippen molar-refractivity contribution in [1.82, 2.24) is 4.98 Å². The summed E-state index contributed by atoms with van der Waals surface area (Å²) in [5.41, 5.74) is -0.384. The van der Waals surface area contributed by atoms with Crippen molar-refractivity contribution in [1.29, 1.82) is 5.26 Å². The largest absolute Gasteiger partial charge is 0.499 e. The fraction of sp³-hybridized carbons (Fsp3) is 0.538. The van der Waals surface area contributed by atoms with E-state index in [-0.39, 0.29) is 5.69 Å². The Morgan fingerprint density at radius 2 is 1.85 bits per heavy atom. The Labute approximate surface area is 121 Å². The number of nitriles is 1. The molecule has 1 aliphatic rings. The summed E-state index contributed by atoms with van der Waals surface area (Å²) < 4.78 is 23.7. The minimum atomic E-state index is -1.25. The highest BCUT2D eigenvalue weighted by Crippen LogP contribution is 2.37. The van der Waals surface area contributed by atoms with Gasteiger partial charge in [-0.05, 0) is 33.8 Å². The van der Waals surface area contributed by atoms with Gasteiger partial charge in [0.15, 0.2) is 0 Å². The molecule has 1 fully saturated rings. The van der Waals surface area contributed by atoms with Crippen LogP contribution in [0.25, 0.3) is 0 Å². The van der Waals surface area contributed by atoms with Crippen LogP contribution < -0.4 is 5.46 Å². The summed E-state index contributed by atoms with van der Waals surface area (Å²) in [6.07, 6.45) is 3.04. The normalized spacial score (nSPS) is 21.5. The molecule has 2 rings (SSSR count). The molecular formula is C13H17BN2O3S. The van der Waals surface area contributed by atoms with Crippen molar-refractivity contribution in [2.24, 2.45) is 0 Å². The van der Waals surface area contributed by atoms with Crippen LogP contribution in [-0.4, -0.2) is 33.8 Å². The molecule has 0 aliphatic carbocycles. The summed E-state index contributed by atoms with van der Waals surface area (Å²) >= 11 is 0. The highest BCUT2D eigenvalue weighted by atomic mass is 32.2. The van der Waals surface area contributed by atoms with Crippen molar-refractivity contribution in [3.05, 3.63) is 18.0 Å². The topological polar surface area (TPSA) is 72.2 Å². The molecule has 106 valence electrons. The van der Waals surface area contributed by atoms with E-state index >= 15 is 0 Å².